The first-order valence-electron chi connectivity index (χ1n) is 25.1. The summed E-state index contributed by atoms with van der Waals surface area (Å²) in [5, 5.41) is 3.16. The summed E-state index contributed by atoms with van der Waals surface area (Å²) in [7, 11) is 6.78. The van der Waals surface area contributed by atoms with Gasteiger partial charge < -0.3 is 29.2 Å². The highest BCUT2D eigenvalue weighted by Gasteiger charge is 2.38. The predicted molar refractivity (Wildman–Crippen MR) is 289 cm³/mol. The fourth-order valence-corrected chi connectivity index (χ4v) is 12.8. The molecule has 1 N–H and O–H groups in total. The molecule has 12 nitrogen and oxygen atoms in total. The SMILES string of the molecule is COCCCCC(=O)CCCSSC(C)(C)CCC(=O)Nc1cc(COc2cc3c(cc2C)C(=O)N2c4ccccc4C[C@H]2C=N3)cc(COc2cc3c(cc2OC)C(=O)N2c4ccccc4C[C@H]2CC3)c1. The van der Waals surface area contributed by atoms with Gasteiger partial charge in [-0.15, -0.1) is 0 Å². The average Bonchev–Trinajstić information content (AvgIpc) is 3.87. The van der Waals surface area contributed by atoms with Crippen molar-refractivity contribution in [2.45, 2.75) is 121 Å². The molecule has 4 heterocycles. The summed E-state index contributed by atoms with van der Waals surface area (Å²) in [6.45, 7) is 7.23. The molecule has 0 unspecified atom stereocenters. The zero-order chi connectivity index (χ0) is 50.4. The minimum absolute atomic E-state index is 0.0290. The molecular weight excluding hydrogens is 945 g/mol. The number of anilines is 3. The molecule has 3 amide bonds. The van der Waals surface area contributed by atoms with Crippen molar-refractivity contribution in [2.75, 3.05) is 41.7 Å². The molecule has 72 heavy (non-hydrogen) atoms. The van der Waals surface area contributed by atoms with Gasteiger partial charge in [-0.05, 0) is 148 Å². The number of carbonyl (C=O) groups excluding carboxylic acids is 4. The van der Waals surface area contributed by atoms with Crippen LogP contribution in [0.1, 0.15) is 119 Å². The number of carbonyl (C=O) groups is 4. The highest BCUT2D eigenvalue weighted by Crippen LogP contribution is 2.43. The quantitative estimate of drug-likeness (QED) is 0.0527. The van der Waals surface area contributed by atoms with Gasteiger partial charge in [-0.3, -0.25) is 29.1 Å². The maximum atomic E-state index is 14.1. The fraction of sp³-hybridized carbons (Fsp3) is 0.397. The van der Waals surface area contributed by atoms with Crippen LogP contribution in [0.5, 0.6) is 17.2 Å². The maximum Gasteiger partial charge on any atom is 0.261 e. The smallest absolute Gasteiger partial charge is 0.261 e. The van der Waals surface area contributed by atoms with E-state index in [1.165, 1.54) is 5.56 Å². The molecule has 9 rings (SSSR count). The number of hydrogen-bond acceptors (Lipinski definition) is 11. The molecule has 5 aromatic carbocycles. The van der Waals surface area contributed by atoms with Crippen LogP contribution in [-0.2, 0) is 46.8 Å². The topological polar surface area (TPSA) is 136 Å². The Morgan fingerprint density at radius 2 is 1.44 bits per heavy atom. The number of aliphatic imine (C=N–C) groups is 1. The second kappa shape index (κ2) is 22.8. The van der Waals surface area contributed by atoms with Crippen LogP contribution in [0.2, 0.25) is 0 Å². The third-order valence-corrected chi connectivity index (χ3v) is 17.3. The number of benzene rings is 5. The first-order chi connectivity index (χ1) is 34.9. The Morgan fingerprint density at radius 3 is 2.19 bits per heavy atom. The van der Waals surface area contributed by atoms with Crippen molar-refractivity contribution < 1.29 is 38.1 Å². The molecule has 376 valence electrons. The van der Waals surface area contributed by atoms with Gasteiger partial charge in [0.15, 0.2) is 11.5 Å². The number of ether oxygens (including phenoxy) is 4. The first-order valence-corrected chi connectivity index (χ1v) is 27.4. The molecule has 0 saturated heterocycles. The summed E-state index contributed by atoms with van der Waals surface area (Å²) in [4.78, 5) is 62.7. The number of amides is 3. The largest absolute Gasteiger partial charge is 0.493 e. The molecule has 0 saturated carbocycles. The molecule has 0 radical (unpaired) electrons. The van der Waals surface area contributed by atoms with Gasteiger partial charge in [0, 0.05) is 90.8 Å². The Morgan fingerprint density at radius 1 is 0.750 bits per heavy atom. The van der Waals surface area contributed by atoms with Crippen molar-refractivity contribution in [1.82, 2.24) is 0 Å². The van der Waals surface area contributed by atoms with Gasteiger partial charge in [0.2, 0.25) is 5.91 Å². The van der Waals surface area contributed by atoms with Crippen LogP contribution in [0, 0.1) is 6.92 Å². The molecule has 0 bridgehead atoms. The highest BCUT2D eigenvalue weighted by atomic mass is 33.1. The zero-order valence-corrected chi connectivity index (χ0v) is 43.6. The maximum absolute atomic E-state index is 14.1. The van der Waals surface area contributed by atoms with Gasteiger partial charge in [0.25, 0.3) is 11.8 Å². The van der Waals surface area contributed by atoms with E-state index in [1.807, 2.05) is 102 Å². The molecule has 4 aliphatic heterocycles. The van der Waals surface area contributed by atoms with E-state index in [9.17, 15) is 19.2 Å². The molecule has 2 atom stereocenters. The minimum atomic E-state index is -0.167. The van der Waals surface area contributed by atoms with E-state index in [2.05, 4.69) is 31.3 Å². The molecule has 4 aliphatic rings. The number of para-hydroxylation sites is 2. The van der Waals surface area contributed by atoms with Gasteiger partial charge in [-0.25, -0.2) is 0 Å². The lowest BCUT2D eigenvalue weighted by Crippen LogP contribution is -2.37. The Labute approximate surface area is 431 Å². The van der Waals surface area contributed by atoms with E-state index in [4.69, 9.17) is 23.9 Å². The van der Waals surface area contributed by atoms with Crippen LogP contribution in [0.25, 0.3) is 0 Å². The number of methoxy groups -OCH3 is 2. The van der Waals surface area contributed by atoms with Crippen LogP contribution < -0.4 is 29.3 Å². The number of fused-ring (bicyclic) bond motifs is 8. The normalized spacial score (nSPS) is 16.5. The Balaban J connectivity index is 0.890. The molecular formula is C58H64N4O8S2. The van der Waals surface area contributed by atoms with Gasteiger partial charge in [0.1, 0.15) is 24.7 Å². The molecule has 0 aliphatic carbocycles. The van der Waals surface area contributed by atoms with E-state index in [0.29, 0.717) is 84.2 Å². The summed E-state index contributed by atoms with van der Waals surface area (Å²) in [5.74, 6) is 2.55. The van der Waals surface area contributed by atoms with Crippen LogP contribution in [0.15, 0.2) is 96.0 Å². The molecule has 14 heteroatoms. The number of unbranched alkanes of at least 4 members (excludes halogenated alkanes) is 1. The number of hydrogen-bond donors (Lipinski definition) is 1. The Bertz CT molecular complexity index is 2880. The second-order valence-corrected chi connectivity index (χ2v) is 22.9. The van der Waals surface area contributed by atoms with E-state index in [-0.39, 0.29) is 47.8 Å². The molecule has 0 fully saturated rings. The summed E-state index contributed by atoms with van der Waals surface area (Å²) in [5.41, 5.74) is 9.86. The Hall–Kier alpha value is -6.09. The van der Waals surface area contributed by atoms with Gasteiger partial charge in [0.05, 0.1) is 24.4 Å². The minimum Gasteiger partial charge on any atom is -0.493 e. The average molecular weight is 1010 g/mol. The predicted octanol–water partition coefficient (Wildman–Crippen LogP) is 12.0. The number of rotatable bonds is 22. The van der Waals surface area contributed by atoms with Crippen molar-refractivity contribution in [3.05, 3.63) is 136 Å². The van der Waals surface area contributed by atoms with Crippen molar-refractivity contribution in [3.63, 3.8) is 0 Å². The van der Waals surface area contributed by atoms with E-state index < -0.39 is 0 Å². The lowest BCUT2D eigenvalue weighted by molar-refractivity contribution is -0.119. The molecule has 0 aromatic heterocycles. The standard InChI is InChI=1S/C58H64N4O8S2/c1-37-25-48-49(59-34-45-30-42-14-7-9-18-51(42)62(45)57(48)66)33-52(37)69-35-38-26-39(28-43(27-38)60-55(64)21-22-58(2,3)72-71-24-12-16-46(63)15-10-11-23-67-4)36-70-54-31-40-19-20-44-29-41-13-6-8-17-50(41)61(44)56(65)47(40)32-53(54)68-5/h6-9,13-14,17-18,25-28,31-34,44-45H,10-12,15-16,19-24,29-30,35-36H2,1-5H3,(H,60,64)/t44-,45+/m1/s1. The van der Waals surface area contributed by atoms with E-state index in [0.717, 1.165) is 83.5 Å². The third-order valence-electron chi connectivity index (χ3n) is 13.9. The summed E-state index contributed by atoms with van der Waals surface area (Å²) in [6.07, 6.45) is 9.75. The number of ketones is 1. The number of aryl methyl sites for hydroxylation is 2. The van der Waals surface area contributed by atoms with E-state index >= 15 is 0 Å². The summed E-state index contributed by atoms with van der Waals surface area (Å²) in [6, 6.07) is 29.4. The van der Waals surface area contributed by atoms with Gasteiger partial charge in [-0.1, -0.05) is 58.0 Å². The van der Waals surface area contributed by atoms with Crippen molar-refractivity contribution >= 4 is 74.1 Å². The third kappa shape index (κ3) is 11.7. The van der Waals surface area contributed by atoms with Crippen molar-refractivity contribution in [3.8, 4) is 17.2 Å². The molecule has 0 spiro atoms. The van der Waals surface area contributed by atoms with Crippen LogP contribution >= 0.6 is 21.6 Å². The van der Waals surface area contributed by atoms with E-state index in [1.54, 1.807) is 35.8 Å². The Kier molecular flexibility index (Phi) is 16.1. The van der Waals surface area contributed by atoms with Crippen molar-refractivity contribution in [2.24, 2.45) is 4.99 Å². The summed E-state index contributed by atoms with van der Waals surface area (Å²) >= 11 is 0. The monoisotopic (exact) mass is 1010 g/mol. The van der Waals surface area contributed by atoms with Crippen LogP contribution in [0.4, 0.5) is 22.7 Å². The van der Waals surface area contributed by atoms with Crippen LogP contribution in [0.3, 0.4) is 0 Å². The fourth-order valence-electron chi connectivity index (χ4n) is 10.1. The zero-order valence-electron chi connectivity index (χ0n) is 41.9. The number of Topliss-reactive ketones (excluding diaryl/α,β-unsaturated/α-hetero) is 1. The highest BCUT2D eigenvalue weighted by molar-refractivity contribution is 8.77. The molecule has 5 aromatic rings. The van der Waals surface area contributed by atoms with Gasteiger partial charge in [-0.2, -0.15) is 0 Å². The van der Waals surface area contributed by atoms with Crippen LogP contribution in [-0.4, -0.2) is 73.1 Å². The number of nitrogens with zero attached hydrogens (tertiary/aromatic N) is 3. The van der Waals surface area contributed by atoms with Crippen molar-refractivity contribution in [1.29, 1.82) is 0 Å². The lowest BCUT2D eigenvalue weighted by atomic mass is 9.99. The van der Waals surface area contributed by atoms with Gasteiger partial charge >= 0.3 is 0 Å². The summed E-state index contributed by atoms with van der Waals surface area (Å²) < 4.78 is 23.8. The number of nitrogens with one attached hydrogen (secondary N) is 1. The first kappa shape index (κ1) is 50.8. The second-order valence-electron chi connectivity index (χ2n) is 19.8. The lowest BCUT2D eigenvalue weighted by Gasteiger charge is -2.23.